The predicted octanol–water partition coefficient (Wildman–Crippen LogP) is 3.65. The van der Waals surface area contributed by atoms with Crippen molar-refractivity contribution in [3.63, 3.8) is 0 Å². The summed E-state index contributed by atoms with van der Waals surface area (Å²) < 4.78 is 0. The standard InChI is InChI=1S/C20H18N2O/c23-20(22-13-14-8-10-21-11-9-14)19-12-18(19)17-7-3-5-15-4-1-2-6-16(15)17/h1-11,18-19H,12-13H2,(H,22,23)/t18-,19+/m1/s1. The normalized spacial score (nSPS) is 19.5. The lowest BCUT2D eigenvalue weighted by molar-refractivity contribution is -0.122. The Morgan fingerprint density at radius 3 is 2.70 bits per heavy atom. The molecule has 1 N–H and O–H groups in total. The summed E-state index contributed by atoms with van der Waals surface area (Å²) in [5, 5.41) is 5.55. The molecule has 1 fully saturated rings. The molecule has 1 aromatic heterocycles. The number of hydrogen-bond acceptors (Lipinski definition) is 2. The largest absolute Gasteiger partial charge is 0.352 e. The Hall–Kier alpha value is -2.68. The quantitative estimate of drug-likeness (QED) is 0.799. The number of nitrogens with zero attached hydrogens (tertiary/aromatic N) is 1. The second kappa shape index (κ2) is 5.84. The molecule has 3 nitrogen and oxygen atoms in total. The Kier molecular flexibility index (Phi) is 3.54. The zero-order valence-electron chi connectivity index (χ0n) is 12.8. The minimum Gasteiger partial charge on any atom is -0.352 e. The van der Waals surface area contributed by atoms with Gasteiger partial charge >= 0.3 is 0 Å². The van der Waals surface area contributed by atoms with Crippen LogP contribution in [0.25, 0.3) is 10.8 Å². The highest BCUT2D eigenvalue weighted by Crippen LogP contribution is 2.49. The van der Waals surface area contributed by atoms with Crippen LogP contribution >= 0.6 is 0 Å². The predicted molar refractivity (Wildman–Crippen MR) is 90.9 cm³/mol. The van der Waals surface area contributed by atoms with E-state index in [1.165, 1.54) is 16.3 Å². The molecule has 4 rings (SSSR count). The van der Waals surface area contributed by atoms with Crippen molar-refractivity contribution in [1.29, 1.82) is 0 Å². The molecule has 3 aromatic rings. The van der Waals surface area contributed by atoms with Crippen LogP contribution in [0.5, 0.6) is 0 Å². The summed E-state index contributed by atoms with van der Waals surface area (Å²) in [6.45, 7) is 0.570. The fraction of sp³-hybridized carbons (Fsp3) is 0.200. The molecule has 1 aliphatic carbocycles. The Morgan fingerprint density at radius 1 is 1.04 bits per heavy atom. The molecular formula is C20H18N2O. The summed E-state index contributed by atoms with van der Waals surface area (Å²) in [5.74, 6) is 0.598. The van der Waals surface area contributed by atoms with Crippen LogP contribution in [0.3, 0.4) is 0 Å². The maximum absolute atomic E-state index is 12.4. The summed E-state index contributed by atoms with van der Waals surface area (Å²) in [6, 6.07) is 18.6. The highest BCUT2D eigenvalue weighted by molar-refractivity contribution is 5.89. The third-order valence-corrected chi connectivity index (χ3v) is 4.57. The van der Waals surface area contributed by atoms with Crippen LogP contribution in [0.4, 0.5) is 0 Å². The van der Waals surface area contributed by atoms with E-state index in [-0.39, 0.29) is 11.8 Å². The number of fused-ring (bicyclic) bond motifs is 1. The monoisotopic (exact) mass is 302 g/mol. The average Bonchev–Trinajstić information content (AvgIpc) is 3.41. The number of aromatic nitrogens is 1. The van der Waals surface area contributed by atoms with Gasteiger partial charge in [0.25, 0.3) is 0 Å². The number of carbonyl (C=O) groups excluding carboxylic acids is 1. The second-order valence-corrected chi connectivity index (χ2v) is 6.09. The van der Waals surface area contributed by atoms with Crippen LogP contribution in [0.2, 0.25) is 0 Å². The molecule has 0 aliphatic heterocycles. The number of carbonyl (C=O) groups is 1. The van der Waals surface area contributed by atoms with E-state index >= 15 is 0 Å². The van der Waals surface area contributed by atoms with E-state index < -0.39 is 0 Å². The number of pyridine rings is 1. The maximum atomic E-state index is 12.4. The lowest BCUT2D eigenvalue weighted by atomic mass is 10.00. The van der Waals surface area contributed by atoms with E-state index in [2.05, 4.69) is 52.8 Å². The van der Waals surface area contributed by atoms with Crippen LogP contribution in [-0.4, -0.2) is 10.9 Å². The molecule has 2 aromatic carbocycles. The van der Waals surface area contributed by atoms with Gasteiger partial charge in [0.15, 0.2) is 0 Å². The maximum Gasteiger partial charge on any atom is 0.224 e. The van der Waals surface area contributed by atoms with Crippen molar-refractivity contribution in [2.75, 3.05) is 0 Å². The molecule has 0 spiro atoms. The lowest BCUT2D eigenvalue weighted by Crippen LogP contribution is -2.24. The first kappa shape index (κ1) is 13.9. The van der Waals surface area contributed by atoms with E-state index in [1.807, 2.05) is 12.1 Å². The van der Waals surface area contributed by atoms with E-state index in [0.717, 1.165) is 12.0 Å². The first-order chi connectivity index (χ1) is 11.3. The first-order valence-corrected chi connectivity index (χ1v) is 7.97. The molecule has 0 saturated heterocycles. The molecule has 1 aliphatic rings. The highest BCUT2D eigenvalue weighted by atomic mass is 16.2. The number of hydrogen-bond donors (Lipinski definition) is 1. The van der Waals surface area contributed by atoms with Crippen molar-refractivity contribution in [1.82, 2.24) is 10.3 Å². The fourth-order valence-electron chi connectivity index (χ4n) is 3.22. The van der Waals surface area contributed by atoms with Crippen LogP contribution in [-0.2, 0) is 11.3 Å². The zero-order valence-corrected chi connectivity index (χ0v) is 12.8. The summed E-state index contributed by atoms with van der Waals surface area (Å²) >= 11 is 0. The van der Waals surface area contributed by atoms with Gasteiger partial charge in [-0.3, -0.25) is 9.78 Å². The lowest BCUT2D eigenvalue weighted by Gasteiger charge is -2.07. The molecule has 1 amide bonds. The summed E-state index contributed by atoms with van der Waals surface area (Å²) in [6.07, 6.45) is 4.44. The van der Waals surface area contributed by atoms with Crippen molar-refractivity contribution >= 4 is 16.7 Å². The SMILES string of the molecule is O=C(NCc1ccncc1)[C@H]1C[C@@H]1c1cccc2ccccc12. The molecule has 114 valence electrons. The minimum absolute atomic E-state index is 0.0997. The van der Waals surface area contributed by atoms with E-state index in [4.69, 9.17) is 0 Å². The number of nitrogens with one attached hydrogen (secondary N) is 1. The second-order valence-electron chi connectivity index (χ2n) is 6.09. The Bertz CT molecular complexity index is 839. The molecule has 3 heteroatoms. The minimum atomic E-state index is 0.0997. The van der Waals surface area contributed by atoms with Gasteiger partial charge in [-0.2, -0.15) is 0 Å². The molecule has 2 atom stereocenters. The van der Waals surface area contributed by atoms with Crippen LogP contribution in [0, 0.1) is 5.92 Å². The van der Waals surface area contributed by atoms with Gasteiger partial charge in [-0.05, 0) is 46.4 Å². The third-order valence-electron chi connectivity index (χ3n) is 4.57. The molecule has 0 bridgehead atoms. The zero-order chi connectivity index (χ0) is 15.6. The number of amides is 1. The highest BCUT2D eigenvalue weighted by Gasteiger charge is 2.44. The van der Waals surface area contributed by atoms with Crippen molar-refractivity contribution in [2.45, 2.75) is 18.9 Å². The van der Waals surface area contributed by atoms with Gasteiger partial charge in [-0.1, -0.05) is 42.5 Å². The summed E-state index contributed by atoms with van der Waals surface area (Å²) in [5.41, 5.74) is 2.38. The van der Waals surface area contributed by atoms with Crippen LogP contribution in [0.15, 0.2) is 67.0 Å². The van der Waals surface area contributed by atoms with Gasteiger partial charge in [0.05, 0.1) is 0 Å². The van der Waals surface area contributed by atoms with Crippen molar-refractivity contribution in [3.8, 4) is 0 Å². The van der Waals surface area contributed by atoms with Crippen molar-refractivity contribution in [2.24, 2.45) is 5.92 Å². The molecule has 0 radical (unpaired) electrons. The Balaban J connectivity index is 1.46. The molecule has 1 saturated carbocycles. The average molecular weight is 302 g/mol. The van der Waals surface area contributed by atoms with Crippen LogP contribution in [0.1, 0.15) is 23.5 Å². The molecular weight excluding hydrogens is 284 g/mol. The van der Waals surface area contributed by atoms with E-state index in [1.54, 1.807) is 12.4 Å². The van der Waals surface area contributed by atoms with Gasteiger partial charge in [0, 0.05) is 24.9 Å². The molecule has 1 heterocycles. The summed E-state index contributed by atoms with van der Waals surface area (Å²) in [7, 11) is 0. The van der Waals surface area contributed by atoms with Gasteiger partial charge in [0.1, 0.15) is 0 Å². The Morgan fingerprint density at radius 2 is 1.83 bits per heavy atom. The smallest absolute Gasteiger partial charge is 0.224 e. The Labute approximate surface area is 135 Å². The number of rotatable bonds is 4. The topological polar surface area (TPSA) is 42.0 Å². The van der Waals surface area contributed by atoms with E-state index in [9.17, 15) is 4.79 Å². The van der Waals surface area contributed by atoms with Crippen LogP contribution < -0.4 is 5.32 Å². The molecule has 0 unspecified atom stereocenters. The summed E-state index contributed by atoms with van der Waals surface area (Å²) in [4.78, 5) is 16.4. The van der Waals surface area contributed by atoms with Gasteiger partial charge < -0.3 is 5.32 Å². The van der Waals surface area contributed by atoms with Gasteiger partial charge in [-0.15, -0.1) is 0 Å². The van der Waals surface area contributed by atoms with Gasteiger partial charge in [-0.25, -0.2) is 0 Å². The first-order valence-electron chi connectivity index (χ1n) is 7.97. The molecule has 23 heavy (non-hydrogen) atoms. The van der Waals surface area contributed by atoms with Crippen molar-refractivity contribution in [3.05, 3.63) is 78.1 Å². The number of benzene rings is 2. The fourth-order valence-corrected chi connectivity index (χ4v) is 3.22. The van der Waals surface area contributed by atoms with Gasteiger partial charge in [0.2, 0.25) is 5.91 Å². The third kappa shape index (κ3) is 2.82. The van der Waals surface area contributed by atoms with E-state index in [0.29, 0.717) is 12.5 Å². The van der Waals surface area contributed by atoms with Crippen molar-refractivity contribution < 1.29 is 4.79 Å².